The number of aromatic amines is 1. The van der Waals surface area contributed by atoms with E-state index in [1.54, 1.807) is 6.20 Å². The third-order valence-corrected chi connectivity index (χ3v) is 6.55. The van der Waals surface area contributed by atoms with Gasteiger partial charge in [-0.15, -0.1) is 0 Å². The van der Waals surface area contributed by atoms with Crippen LogP contribution >= 0.6 is 0 Å². The van der Waals surface area contributed by atoms with Crippen molar-refractivity contribution in [1.82, 2.24) is 25.5 Å². The van der Waals surface area contributed by atoms with Crippen molar-refractivity contribution in [3.63, 3.8) is 0 Å². The monoisotopic (exact) mass is 521 g/mol. The number of nitrogens with zero attached hydrogens (tertiary/aromatic N) is 3. The van der Waals surface area contributed by atoms with E-state index in [-0.39, 0.29) is 31.3 Å². The Morgan fingerprint density at radius 2 is 2.00 bits per heavy atom. The Morgan fingerprint density at radius 1 is 1.27 bits per heavy atom. The molecule has 206 valence electrons. The molecular formula is C23H39N9O5. The number of aliphatic imine (C=N–C) groups is 1. The standard InChI is InChI=1S/C23H39N9O5/c1-3-13(2)18(24)20(34)31-16(10-14-11-27-12-29-14)21(35)32-9-5-7-17(32)19(33)30-15(22(36)37)6-4-8-28-23(25)26/h11-13,15-18H,3-10,24H2,1-2H3,(H,27,29)(H,30,33)(H,31,34)(H,36,37)(H4,25,26,28). The van der Waals surface area contributed by atoms with Crippen molar-refractivity contribution in [3.05, 3.63) is 18.2 Å². The van der Waals surface area contributed by atoms with Gasteiger partial charge in [-0.3, -0.25) is 19.4 Å². The second kappa shape index (κ2) is 14.2. The predicted octanol–water partition coefficient (Wildman–Crippen LogP) is -1.58. The van der Waals surface area contributed by atoms with Crippen molar-refractivity contribution in [2.24, 2.45) is 28.1 Å². The smallest absolute Gasteiger partial charge is 0.326 e. The van der Waals surface area contributed by atoms with Crippen LogP contribution < -0.4 is 27.8 Å². The molecule has 5 unspecified atom stereocenters. The van der Waals surface area contributed by atoms with Crippen molar-refractivity contribution in [2.45, 2.75) is 76.5 Å². The molecular weight excluding hydrogens is 482 g/mol. The molecule has 14 nitrogen and oxygen atoms in total. The molecule has 0 bridgehead atoms. The van der Waals surface area contributed by atoms with Crippen LogP contribution in [0.4, 0.5) is 0 Å². The summed E-state index contributed by atoms with van der Waals surface area (Å²) in [7, 11) is 0. The van der Waals surface area contributed by atoms with Crippen molar-refractivity contribution in [1.29, 1.82) is 0 Å². The van der Waals surface area contributed by atoms with Gasteiger partial charge in [-0.2, -0.15) is 0 Å². The second-order valence-corrected chi connectivity index (χ2v) is 9.29. The van der Waals surface area contributed by atoms with Crippen LogP contribution in [0, 0.1) is 5.92 Å². The minimum atomic E-state index is -1.20. The third kappa shape index (κ3) is 8.74. The van der Waals surface area contributed by atoms with E-state index in [0.717, 1.165) is 0 Å². The molecule has 0 aliphatic carbocycles. The maximum absolute atomic E-state index is 13.6. The number of carbonyl (C=O) groups excluding carboxylic acids is 3. The molecule has 1 aromatic rings. The number of aromatic nitrogens is 2. The van der Waals surface area contributed by atoms with Crippen molar-refractivity contribution in [3.8, 4) is 0 Å². The zero-order chi connectivity index (χ0) is 27.5. The third-order valence-electron chi connectivity index (χ3n) is 6.55. The minimum Gasteiger partial charge on any atom is -0.480 e. The maximum Gasteiger partial charge on any atom is 0.326 e. The molecule has 0 spiro atoms. The Kier molecular flexibility index (Phi) is 11.3. The lowest BCUT2D eigenvalue weighted by molar-refractivity contribution is -0.145. The summed E-state index contributed by atoms with van der Waals surface area (Å²) in [6.07, 6.45) is 5.23. The van der Waals surface area contributed by atoms with Crippen molar-refractivity contribution < 1.29 is 24.3 Å². The molecule has 3 amide bonds. The highest BCUT2D eigenvalue weighted by Crippen LogP contribution is 2.20. The molecule has 1 saturated heterocycles. The first-order valence-corrected chi connectivity index (χ1v) is 12.5. The van der Waals surface area contributed by atoms with Crippen LogP contribution in [0.15, 0.2) is 17.5 Å². The molecule has 10 N–H and O–H groups in total. The van der Waals surface area contributed by atoms with Crippen LogP contribution in [0.25, 0.3) is 0 Å². The number of aliphatic carboxylic acids is 1. The molecule has 1 aliphatic heterocycles. The summed E-state index contributed by atoms with van der Waals surface area (Å²) >= 11 is 0. The summed E-state index contributed by atoms with van der Waals surface area (Å²) in [6, 6.07) is -3.80. The van der Waals surface area contributed by atoms with Crippen molar-refractivity contribution >= 4 is 29.7 Å². The summed E-state index contributed by atoms with van der Waals surface area (Å²) in [5.41, 5.74) is 17.3. The first-order valence-electron chi connectivity index (χ1n) is 12.5. The van der Waals surface area contributed by atoms with E-state index < -0.39 is 47.9 Å². The minimum absolute atomic E-state index is 0.0897. The van der Waals surface area contributed by atoms with E-state index in [9.17, 15) is 24.3 Å². The Bertz CT molecular complexity index is 948. The van der Waals surface area contributed by atoms with Crippen LogP contribution in [0.2, 0.25) is 0 Å². The molecule has 1 aromatic heterocycles. The van der Waals surface area contributed by atoms with Gasteiger partial charge in [0.2, 0.25) is 17.7 Å². The van der Waals surface area contributed by atoms with Gasteiger partial charge in [0.25, 0.3) is 0 Å². The zero-order valence-electron chi connectivity index (χ0n) is 21.4. The number of guanidine groups is 1. The summed E-state index contributed by atoms with van der Waals surface area (Å²) in [5.74, 6) is -2.86. The van der Waals surface area contributed by atoms with Gasteiger partial charge in [-0.05, 0) is 31.6 Å². The number of likely N-dealkylation sites (tertiary alicyclic amines) is 1. The quantitative estimate of drug-likeness (QED) is 0.0848. The topological polar surface area (TPSA) is 235 Å². The maximum atomic E-state index is 13.6. The molecule has 37 heavy (non-hydrogen) atoms. The fourth-order valence-corrected chi connectivity index (χ4v) is 4.13. The van der Waals surface area contributed by atoms with E-state index in [4.69, 9.17) is 17.2 Å². The van der Waals surface area contributed by atoms with E-state index in [2.05, 4.69) is 25.6 Å². The summed E-state index contributed by atoms with van der Waals surface area (Å²) in [6.45, 7) is 4.30. The number of hydrogen-bond donors (Lipinski definition) is 7. The number of nitrogens with two attached hydrogens (primary N) is 3. The van der Waals surface area contributed by atoms with Crippen LogP contribution in [0.3, 0.4) is 0 Å². The fourth-order valence-electron chi connectivity index (χ4n) is 4.13. The predicted molar refractivity (Wildman–Crippen MR) is 136 cm³/mol. The number of hydrogen-bond acceptors (Lipinski definition) is 7. The number of H-pyrrole nitrogens is 1. The largest absolute Gasteiger partial charge is 0.480 e. The van der Waals surface area contributed by atoms with Crippen LogP contribution in [-0.2, 0) is 25.6 Å². The Hall–Kier alpha value is -3.68. The normalized spacial score (nSPS) is 18.4. The lowest BCUT2D eigenvalue weighted by Crippen LogP contribution is -2.58. The van der Waals surface area contributed by atoms with Gasteiger partial charge in [-0.25, -0.2) is 9.78 Å². The molecule has 0 saturated carbocycles. The Morgan fingerprint density at radius 3 is 2.59 bits per heavy atom. The molecule has 1 fully saturated rings. The summed E-state index contributed by atoms with van der Waals surface area (Å²) in [5, 5.41) is 14.8. The molecule has 1 aliphatic rings. The van der Waals surface area contributed by atoms with E-state index in [1.165, 1.54) is 11.2 Å². The highest BCUT2D eigenvalue weighted by Gasteiger charge is 2.39. The first-order chi connectivity index (χ1) is 17.5. The number of carboxylic acids is 1. The number of amides is 3. The van der Waals surface area contributed by atoms with Crippen LogP contribution in [-0.4, -0.2) is 86.9 Å². The number of nitrogens with one attached hydrogen (secondary N) is 3. The Balaban J connectivity index is 2.13. The van der Waals surface area contributed by atoms with E-state index >= 15 is 0 Å². The summed E-state index contributed by atoms with van der Waals surface area (Å²) in [4.78, 5) is 63.2. The highest BCUT2D eigenvalue weighted by atomic mass is 16.4. The Labute approximate surface area is 215 Å². The molecule has 2 rings (SSSR count). The molecule has 0 aromatic carbocycles. The highest BCUT2D eigenvalue weighted by molar-refractivity contribution is 5.94. The van der Waals surface area contributed by atoms with Gasteiger partial charge in [0.05, 0.1) is 12.4 Å². The van der Waals surface area contributed by atoms with Crippen LogP contribution in [0.1, 0.15) is 51.6 Å². The lowest BCUT2D eigenvalue weighted by Gasteiger charge is -2.30. The molecule has 5 atom stereocenters. The second-order valence-electron chi connectivity index (χ2n) is 9.29. The van der Waals surface area contributed by atoms with Crippen LogP contribution in [0.5, 0.6) is 0 Å². The SMILES string of the molecule is CCC(C)C(N)C(=O)NC(Cc1cnc[nH]1)C(=O)N1CCCC1C(=O)NC(CCCN=C(N)N)C(=O)O. The first kappa shape index (κ1) is 29.5. The van der Waals surface area contributed by atoms with Gasteiger partial charge in [0.15, 0.2) is 5.96 Å². The van der Waals surface area contributed by atoms with Gasteiger partial charge < -0.3 is 42.8 Å². The van der Waals surface area contributed by atoms with E-state index in [1.807, 2.05) is 13.8 Å². The molecule has 2 heterocycles. The fraction of sp³-hybridized carbons (Fsp3) is 0.652. The average Bonchev–Trinajstić information content (AvgIpc) is 3.56. The molecule has 14 heteroatoms. The van der Waals surface area contributed by atoms with Gasteiger partial charge in [0, 0.05) is 31.4 Å². The van der Waals surface area contributed by atoms with Crippen molar-refractivity contribution in [2.75, 3.05) is 13.1 Å². The van der Waals surface area contributed by atoms with Gasteiger partial charge in [-0.1, -0.05) is 20.3 Å². The number of rotatable bonds is 14. The zero-order valence-corrected chi connectivity index (χ0v) is 21.4. The molecule has 0 radical (unpaired) electrons. The van der Waals surface area contributed by atoms with E-state index in [0.29, 0.717) is 37.9 Å². The lowest BCUT2D eigenvalue weighted by atomic mass is 9.98. The number of imidazole rings is 1. The van der Waals surface area contributed by atoms with Gasteiger partial charge >= 0.3 is 5.97 Å². The number of carboxylic acid groups (broad SMARTS) is 1. The average molecular weight is 522 g/mol. The number of carbonyl (C=O) groups is 4. The summed E-state index contributed by atoms with van der Waals surface area (Å²) < 4.78 is 0. The van der Waals surface area contributed by atoms with Gasteiger partial charge in [0.1, 0.15) is 18.1 Å².